The molecule has 1 aliphatic carbocycles. The minimum Gasteiger partial charge on any atom is -0.310 e. The van der Waals surface area contributed by atoms with Crippen molar-refractivity contribution in [2.75, 3.05) is 12.3 Å². The molecule has 0 radical (unpaired) electrons. The molecule has 1 aromatic carbocycles. The number of rotatable bonds is 6. The van der Waals surface area contributed by atoms with E-state index in [-0.39, 0.29) is 0 Å². The Morgan fingerprint density at radius 2 is 2.24 bits per heavy atom. The summed E-state index contributed by atoms with van der Waals surface area (Å²) in [5.41, 5.74) is 1.41. The van der Waals surface area contributed by atoms with Crippen LogP contribution in [0.5, 0.6) is 0 Å². The lowest BCUT2D eigenvalue weighted by Crippen LogP contribution is -2.17. The standard InChI is InChI=1S/C15H23NS/c1-3-16-12(2)14-8-5-9-15(10-14)17-11-13-6-4-7-13/h5,8-10,12-13,16H,3-4,6-7,11H2,1-2H3. The Kier molecular flexibility index (Phi) is 4.93. The molecule has 1 unspecified atom stereocenters. The molecule has 1 N–H and O–H groups in total. The van der Waals surface area contributed by atoms with Gasteiger partial charge in [-0.2, -0.15) is 0 Å². The molecule has 1 atom stereocenters. The van der Waals surface area contributed by atoms with Crippen LogP contribution in [0.25, 0.3) is 0 Å². The van der Waals surface area contributed by atoms with Crippen LogP contribution in [-0.4, -0.2) is 12.3 Å². The number of benzene rings is 1. The largest absolute Gasteiger partial charge is 0.310 e. The second kappa shape index (κ2) is 6.46. The van der Waals surface area contributed by atoms with E-state index in [1.807, 2.05) is 11.8 Å². The molecule has 1 fully saturated rings. The van der Waals surface area contributed by atoms with Crippen LogP contribution in [0.15, 0.2) is 29.2 Å². The third-order valence-electron chi connectivity index (χ3n) is 3.58. The van der Waals surface area contributed by atoms with Crippen molar-refractivity contribution < 1.29 is 0 Å². The highest BCUT2D eigenvalue weighted by Crippen LogP contribution is 2.33. The molecule has 0 heterocycles. The third-order valence-corrected chi connectivity index (χ3v) is 4.80. The van der Waals surface area contributed by atoms with E-state index in [1.54, 1.807) is 0 Å². The summed E-state index contributed by atoms with van der Waals surface area (Å²) in [7, 11) is 0. The van der Waals surface area contributed by atoms with Crippen molar-refractivity contribution in [3.8, 4) is 0 Å². The van der Waals surface area contributed by atoms with E-state index in [9.17, 15) is 0 Å². The normalized spacial score (nSPS) is 17.8. The van der Waals surface area contributed by atoms with Crippen molar-refractivity contribution in [2.24, 2.45) is 5.92 Å². The summed E-state index contributed by atoms with van der Waals surface area (Å²) in [5, 5.41) is 3.47. The van der Waals surface area contributed by atoms with Gasteiger partial charge in [0.2, 0.25) is 0 Å². The summed E-state index contributed by atoms with van der Waals surface area (Å²) < 4.78 is 0. The number of hydrogen-bond donors (Lipinski definition) is 1. The van der Waals surface area contributed by atoms with Gasteiger partial charge < -0.3 is 5.32 Å². The first-order valence-electron chi connectivity index (χ1n) is 6.75. The zero-order chi connectivity index (χ0) is 12.1. The van der Waals surface area contributed by atoms with Gasteiger partial charge in [0.15, 0.2) is 0 Å². The van der Waals surface area contributed by atoms with Crippen molar-refractivity contribution in [1.29, 1.82) is 0 Å². The first-order chi connectivity index (χ1) is 8.29. The van der Waals surface area contributed by atoms with E-state index in [2.05, 4.69) is 43.4 Å². The van der Waals surface area contributed by atoms with Crippen molar-refractivity contribution in [1.82, 2.24) is 5.32 Å². The van der Waals surface area contributed by atoms with Gasteiger partial charge in [0.1, 0.15) is 0 Å². The average molecular weight is 249 g/mol. The molecular weight excluding hydrogens is 226 g/mol. The summed E-state index contributed by atoms with van der Waals surface area (Å²) in [4.78, 5) is 1.43. The number of thioether (sulfide) groups is 1. The van der Waals surface area contributed by atoms with E-state index in [0.717, 1.165) is 12.5 Å². The maximum absolute atomic E-state index is 3.47. The van der Waals surface area contributed by atoms with Crippen LogP contribution < -0.4 is 5.32 Å². The Balaban J connectivity index is 1.90. The van der Waals surface area contributed by atoms with Crippen LogP contribution in [0.4, 0.5) is 0 Å². The van der Waals surface area contributed by atoms with Gasteiger partial charge in [-0.1, -0.05) is 25.5 Å². The third kappa shape index (κ3) is 3.75. The van der Waals surface area contributed by atoms with E-state index in [1.165, 1.54) is 35.5 Å². The van der Waals surface area contributed by atoms with Crippen LogP contribution in [0.1, 0.15) is 44.7 Å². The number of nitrogens with one attached hydrogen (secondary N) is 1. The zero-order valence-corrected chi connectivity index (χ0v) is 11.7. The second-order valence-corrected chi connectivity index (χ2v) is 6.05. The molecule has 0 saturated heterocycles. The van der Waals surface area contributed by atoms with Gasteiger partial charge in [-0.25, -0.2) is 0 Å². The van der Waals surface area contributed by atoms with E-state index in [0.29, 0.717) is 6.04 Å². The van der Waals surface area contributed by atoms with Crippen LogP contribution in [-0.2, 0) is 0 Å². The smallest absolute Gasteiger partial charge is 0.0292 e. The molecule has 2 rings (SSSR count). The minimum absolute atomic E-state index is 0.462. The van der Waals surface area contributed by atoms with Crippen LogP contribution >= 0.6 is 11.8 Å². The fourth-order valence-corrected chi connectivity index (χ4v) is 3.33. The highest BCUT2D eigenvalue weighted by atomic mass is 32.2. The van der Waals surface area contributed by atoms with Crippen LogP contribution in [0, 0.1) is 5.92 Å². The predicted octanol–water partition coefficient (Wildman–Crippen LogP) is 4.25. The van der Waals surface area contributed by atoms with Gasteiger partial charge in [0.05, 0.1) is 0 Å². The van der Waals surface area contributed by atoms with Crippen molar-refractivity contribution in [3.05, 3.63) is 29.8 Å². The van der Waals surface area contributed by atoms with Crippen molar-refractivity contribution in [2.45, 2.75) is 44.0 Å². The zero-order valence-electron chi connectivity index (χ0n) is 10.9. The highest BCUT2D eigenvalue weighted by molar-refractivity contribution is 7.99. The molecule has 94 valence electrons. The second-order valence-electron chi connectivity index (χ2n) is 4.96. The summed E-state index contributed by atoms with van der Waals surface area (Å²) in [6.07, 6.45) is 4.34. The molecule has 2 heteroatoms. The maximum atomic E-state index is 3.47. The van der Waals surface area contributed by atoms with Crippen molar-refractivity contribution in [3.63, 3.8) is 0 Å². The molecular formula is C15H23NS. The Bertz CT molecular complexity index is 347. The van der Waals surface area contributed by atoms with Gasteiger partial charge in [-0.15, -0.1) is 11.8 Å². The van der Waals surface area contributed by atoms with Gasteiger partial charge >= 0.3 is 0 Å². The molecule has 1 saturated carbocycles. The van der Waals surface area contributed by atoms with Gasteiger partial charge in [0, 0.05) is 16.7 Å². The molecule has 0 amide bonds. The molecule has 0 spiro atoms. The molecule has 1 nitrogen and oxygen atoms in total. The molecule has 0 aromatic heterocycles. The predicted molar refractivity (Wildman–Crippen MR) is 76.6 cm³/mol. The summed E-state index contributed by atoms with van der Waals surface area (Å²) in [6.45, 7) is 5.42. The monoisotopic (exact) mass is 249 g/mol. The first kappa shape index (κ1) is 13.0. The molecule has 1 aliphatic rings. The topological polar surface area (TPSA) is 12.0 Å². The van der Waals surface area contributed by atoms with E-state index in [4.69, 9.17) is 0 Å². The van der Waals surface area contributed by atoms with Crippen LogP contribution in [0.3, 0.4) is 0 Å². The fraction of sp³-hybridized carbons (Fsp3) is 0.600. The lowest BCUT2D eigenvalue weighted by atomic mass is 9.87. The molecule has 1 aromatic rings. The molecule has 0 bridgehead atoms. The lowest BCUT2D eigenvalue weighted by Gasteiger charge is -2.24. The van der Waals surface area contributed by atoms with Crippen molar-refractivity contribution >= 4 is 11.8 Å². The SMILES string of the molecule is CCNC(C)c1cccc(SCC2CCC2)c1. The van der Waals surface area contributed by atoms with Gasteiger partial charge in [-0.3, -0.25) is 0 Å². The van der Waals surface area contributed by atoms with Crippen LogP contribution in [0.2, 0.25) is 0 Å². The van der Waals surface area contributed by atoms with E-state index >= 15 is 0 Å². The molecule has 17 heavy (non-hydrogen) atoms. The van der Waals surface area contributed by atoms with E-state index < -0.39 is 0 Å². The van der Waals surface area contributed by atoms with Gasteiger partial charge in [0.25, 0.3) is 0 Å². The summed E-state index contributed by atoms with van der Waals surface area (Å²) in [5.74, 6) is 2.29. The summed E-state index contributed by atoms with van der Waals surface area (Å²) >= 11 is 2.03. The lowest BCUT2D eigenvalue weighted by molar-refractivity contribution is 0.353. The Morgan fingerprint density at radius 1 is 1.41 bits per heavy atom. The Labute approximate surface area is 109 Å². The maximum Gasteiger partial charge on any atom is 0.0292 e. The molecule has 0 aliphatic heterocycles. The number of hydrogen-bond acceptors (Lipinski definition) is 2. The Morgan fingerprint density at radius 3 is 2.88 bits per heavy atom. The fourth-order valence-electron chi connectivity index (χ4n) is 2.17. The Hall–Kier alpha value is -0.470. The highest BCUT2D eigenvalue weighted by Gasteiger charge is 2.17. The summed E-state index contributed by atoms with van der Waals surface area (Å²) in [6, 6.07) is 9.46. The minimum atomic E-state index is 0.462. The van der Waals surface area contributed by atoms with Gasteiger partial charge in [-0.05, 0) is 49.9 Å². The first-order valence-corrected chi connectivity index (χ1v) is 7.74. The quantitative estimate of drug-likeness (QED) is 0.756. The average Bonchev–Trinajstić information content (AvgIpc) is 2.28.